The number of aromatic nitrogens is 1. The number of nitrogens with one attached hydrogen (secondary N) is 1. The van der Waals surface area contributed by atoms with Gasteiger partial charge in [0.15, 0.2) is 0 Å². The number of thioether (sulfide) groups is 1. The first-order valence-electron chi connectivity index (χ1n) is 3.30. The van der Waals surface area contributed by atoms with Gasteiger partial charge >= 0.3 is 0 Å². The third-order valence-electron chi connectivity index (χ3n) is 1.20. The fourth-order valence-electron chi connectivity index (χ4n) is 0.591. The Morgan fingerprint density at radius 1 is 1.92 bits per heavy atom. The number of hydrogen-bond donors (Lipinski definition) is 2. The van der Waals surface area contributed by atoms with Crippen molar-refractivity contribution in [2.45, 2.75) is 17.4 Å². The van der Waals surface area contributed by atoms with Gasteiger partial charge in [0.25, 0.3) is 5.22 Å². The Hall–Kier alpha value is -1.01. The Morgan fingerprint density at radius 2 is 2.67 bits per heavy atom. The lowest BCUT2D eigenvalue weighted by Crippen LogP contribution is -2.36. The van der Waals surface area contributed by atoms with Crippen LogP contribution in [-0.2, 0) is 4.79 Å². The fourth-order valence-corrected chi connectivity index (χ4v) is 1.30. The van der Waals surface area contributed by atoms with E-state index in [0.717, 1.165) is 0 Å². The molecule has 5 nitrogen and oxygen atoms in total. The number of hydrogen-bond acceptors (Lipinski definition) is 5. The van der Waals surface area contributed by atoms with E-state index in [9.17, 15) is 4.79 Å². The Kier molecular flexibility index (Phi) is 3.12. The van der Waals surface area contributed by atoms with Gasteiger partial charge in [-0.25, -0.2) is 10.8 Å². The van der Waals surface area contributed by atoms with Crippen LogP contribution < -0.4 is 11.3 Å². The van der Waals surface area contributed by atoms with Crippen LogP contribution in [0.3, 0.4) is 0 Å². The van der Waals surface area contributed by atoms with E-state index >= 15 is 0 Å². The number of carbonyl (C=O) groups is 1. The molecule has 0 spiro atoms. The van der Waals surface area contributed by atoms with Crippen molar-refractivity contribution in [1.29, 1.82) is 0 Å². The first-order chi connectivity index (χ1) is 5.74. The van der Waals surface area contributed by atoms with Gasteiger partial charge < -0.3 is 4.42 Å². The molecule has 0 aliphatic heterocycles. The molecule has 1 aromatic heterocycles. The number of rotatable bonds is 3. The molecule has 0 saturated heterocycles. The molecule has 1 aromatic rings. The molecule has 1 rings (SSSR count). The molecule has 0 aromatic carbocycles. The molecule has 0 aliphatic carbocycles. The summed E-state index contributed by atoms with van der Waals surface area (Å²) in [5.41, 5.74) is 2.05. The van der Waals surface area contributed by atoms with Crippen molar-refractivity contribution >= 4 is 17.7 Å². The van der Waals surface area contributed by atoms with Gasteiger partial charge in [0, 0.05) is 0 Å². The highest BCUT2D eigenvalue weighted by atomic mass is 32.2. The molecule has 1 heterocycles. The van der Waals surface area contributed by atoms with Crippen LogP contribution in [0.2, 0.25) is 0 Å². The highest BCUT2D eigenvalue weighted by molar-refractivity contribution is 8.00. The zero-order chi connectivity index (χ0) is 8.97. The second-order valence-corrected chi connectivity index (χ2v) is 3.36. The SMILES string of the molecule is CC(Sc1ncco1)C(=O)NN. The third-order valence-corrected chi connectivity index (χ3v) is 2.17. The average Bonchev–Trinajstić information content (AvgIpc) is 2.55. The maximum Gasteiger partial charge on any atom is 0.256 e. The number of nitrogens with zero attached hydrogens (tertiary/aromatic N) is 1. The lowest BCUT2D eigenvalue weighted by molar-refractivity contribution is -0.120. The summed E-state index contributed by atoms with van der Waals surface area (Å²) >= 11 is 1.21. The Balaban J connectivity index is 2.47. The number of nitrogens with two attached hydrogens (primary N) is 1. The summed E-state index contributed by atoms with van der Waals surface area (Å²) in [6, 6.07) is 0. The van der Waals surface area contributed by atoms with Crippen LogP contribution in [0, 0.1) is 0 Å². The van der Waals surface area contributed by atoms with Crippen LogP contribution in [0.15, 0.2) is 22.1 Å². The quantitative estimate of drug-likeness (QED) is 0.304. The van der Waals surface area contributed by atoms with Crippen LogP contribution in [-0.4, -0.2) is 16.1 Å². The van der Waals surface area contributed by atoms with Crippen molar-refractivity contribution in [1.82, 2.24) is 10.4 Å². The van der Waals surface area contributed by atoms with E-state index in [-0.39, 0.29) is 11.2 Å². The number of amides is 1. The zero-order valence-corrected chi connectivity index (χ0v) is 7.30. The standard InChI is InChI=1S/C6H9N3O2S/c1-4(5(10)9-7)12-6-8-2-3-11-6/h2-4H,7H2,1H3,(H,9,10). The summed E-state index contributed by atoms with van der Waals surface area (Å²) in [5, 5.41) is 0.166. The van der Waals surface area contributed by atoms with E-state index in [2.05, 4.69) is 4.98 Å². The van der Waals surface area contributed by atoms with Gasteiger partial charge in [-0.2, -0.15) is 0 Å². The van der Waals surface area contributed by atoms with Crippen LogP contribution in [0.1, 0.15) is 6.92 Å². The van der Waals surface area contributed by atoms with Crippen molar-refractivity contribution < 1.29 is 9.21 Å². The van der Waals surface area contributed by atoms with Gasteiger partial charge in [0.1, 0.15) is 6.26 Å². The monoisotopic (exact) mass is 187 g/mol. The molecule has 0 saturated carbocycles. The highest BCUT2D eigenvalue weighted by Gasteiger charge is 2.14. The average molecular weight is 187 g/mol. The molecular formula is C6H9N3O2S. The van der Waals surface area contributed by atoms with Gasteiger partial charge in [0.2, 0.25) is 5.91 Å². The molecule has 1 unspecified atom stereocenters. The molecular weight excluding hydrogens is 178 g/mol. The second-order valence-electron chi connectivity index (χ2n) is 2.07. The van der Waals surface area contributed by atoms with Crippen LogP contribution in [0.25, 0.3) is 0 Å². The molecule has 0 fully saturated rings. The molecule has 6 heteroatoms. The predicted molar refractivity (Wildman–Crippen MR) is 44.2 cm³/mol. The Morgan fingerprint density at radius 3 is 3.17 bits per heavy atom. The summed E-state index contributed by atoms with van der Waals surface area (Å²) in [6.07, 6.45) is 2.98. The third kappa shape index (κ3) is 2.24. The number of hydrazine groups is 1. The van der Waals surface area contributed by atoms with Crippen LogP contribution in [0.4, 0.5) is 0 Å². The maximum absolute atomic E-state index is 10.9. The topological polar surface area (TPSA) is 81.2 Å². The van der Waals surface area contributed by atoms with Crippen LogP contribution >= 0.6 is 11.8 Å². The minimum Gasteiger partial charge on any atom is -0.440 e. The van der Waals surface area contributed by atoms with E-state index in [1.54, 1.807) is 6.92 Å². The molecule has 1 atom stereocenters. The molecule has 12 heavy (non-hydrogen) atoms. The number of oxazole rings is 1. The van der Waals surface area contributed by atoms with Crippen LogP contribution in [0.5, 0.6) is 0 Å². The molecule has 0 radical (unpaired) electrons. The Bertz CT molecular complexity index is 249. The summed E-state index contributed by atoms with van der Waals surface area (Å²) < 4.78 is 4.93. The Labute approximate surface area is 73.7 Å². The van der Waals surface area contributed by atoms with Crippen molar-refractivity contribution in [2.75, 3.05) is 0 Å². The zero-order valence-electron chi connectivity index (χ0n) is 6.48. The minimum absolute atomic E-state index is 0.252. The van der Waals surface area contributed by atoms with Crippen molar-refractivity contribution in [3.8, 4) is 0 Å². The summed E-state index contributed by atoms with van der Waals surface area (Å²) in [6.45, 7) is 1.72. The largest absolute Gasteiger partial charge is 0.440 e. The first kappa shape index (κ1) is 9.08. The summed E-state index contributed by atoms with van der Waals surface area (Å²) in [4.78, 5) is 14.8. The van der Waals surface area contributed by atoms with Gasteiger partial charge in [-0.05, 0) is 6.92 Å². The van der Waals surface area contributed by atoms with Gasteiger partial charge in [-0.3, -0.25) is 10.2 Å². The lowest BCUT2D eigenvalue weighted by atomic mass is 10.5. The minimum atomic E-state index is -0.298. The van der Waals surface area contributed by atoms with Gasteiger partial charge in [-0.1, -0.05) is 11.8 Å². The normalized spacial score (nSPS) is 12.5. The van der Waals surface area contributed by atoms with E-state index < -0.39 is 0 Å². The molecule has 1 amide bonds. The highest BCUT2D eigenvalue weighted by Crippen LogP contribution is 2.20. The summed E-state index contributed by atoms with van der Waals surface area (Å²) in [7, 11) is 0. The summed E-state index contributed by atoms with van der Waals surface area (Å²) in [5.74, 6) is 4.69. The molecule has 66 valence electrons. The molecule has 0 aliphatic rings. The van der Waals surface area contributed by atoms with Gasteiger partial charge in [-0.15, -0.1) is 0 Å². The lowest BCUT2D eigenvalue weighted by Gasteiger charge is -2.04. The molecule has 0 bridgehead atoms. The van der Waals surface area contributed by atoms with Crippen molar-refractivity contribution in [3.05, 3.63) is 12.5 Å². The maximum atomic E-state index is 10.9. The molecule has 3 N–H and O–H groups in total. The van der Waals surface area contributed by atoms with Crippen molar-refractivity contribution in [3.63, 3.8) is 0 Å². The van der Waals surface area contributed by atoms with E-state index in [1.807, 2.05) is 5.43 Å². The van der Waals surface area contributed by atoms with E-state index in [1.165, 1.54) is 24.2 Å². The first-order valence-corrected chi connectivity index (χ1v) is 4.18. The van der Waals surface area contributed by atoms with Gasteiger partial charge in [0.05, 0.1) is 11.4 Å². The number of carbonyl (C=O) groups excluding carboxylic acids is 1. The predicted octanol–water partition coefficient (Wildman–Crippen LogP) is 0.145. The fraction of sp³-hybridized carbons (Fsp3) is 0.333. The van der Waals surface area contributed by atoms with Crippen molar-refractivity contribution in [2.24, 2.45) is 5.84 Å². The van der Waals surface area contributed by atoms with E-state index in [4.69, 9.17) is 10.3 Å². The van der Waals surface area contributed by atoms with E-state index in [0.29, 0.717) is 5.22 Å². The second kappa shape index (κ2) is 4.13. The smallest absolute Gasteiger partial charge is 0.256 e.